The largest absolute Gasteiger partial charge is 0.497 e. The molecule has 0 amide bonds. The first kappa shape index (κ1) is 22.3. The zero-order valence-corrected chi connectivity index (χ0v) is 18.6. The summed E-state index contributed by atoms with van der Waals surface area (Å²) >= 11 is 0. The Balaban J connectivity index is 1.69. The number of hydrogen-bond acceptors (Lipinski definition) is 7. The van der Waals surface area contributed by atoms with E-state index in [9.17, 15) is 18.5 Å². The van der Waals surface area contributed by atoms with Gasteiger partial charge in [0.25, 0.3) is 15.7 Å². The van der Waals surface area contributed by atoms with E-state index in [1.807, 2.05) is 24.3 Å². The van der Waals surface area contributed by atoms with Gasteiger partial charge in [0, 0.05) is 23.4 Å². The third-order valence-corrected chi connectivity index (χ3v) is 6.73. The standard InChI is InChI=1S/C23H22N4O5S/c1-32-19-12-9-17(10-13-19)26-33(30,31)23-15-18(27(28)29)11-14-22(23)25-24-21-8-4-6-16-5-2-3-7-20(16)21/h2-3,5,7,9-15,25-26H,4,6,8H2,1H3. The summed E-state index contributed by atoms with van der Waals surface area (Å²) in [6.07, 6.45) is 2.63. The molecule has 3 aromatic carbocycles. The molecule has 1 aliphatic carbocycles. The molecule has 3 aromatic rings. The van der Waals surface area contributed by atoms with E-state index < -0.39 is 14.9 Å². The lowest BCUT2D eigenvalue weighted by molar-refractivity contribution is -0.385. The molecule has 0 saturated carbocycles. The number of methoxy groups -OCH3 is 1. The minimum absolute atomic E-state index is 0.136. The summed E-state index contributed by atoms with van der Waals surface area (Å²) in [7, 11) is -2.65. The Morgan fingerprint density at radius 1 is 1.03 bits per heavy atom. The molecule has 0 radical (unpaired) electrons. The highest BCUT2D eigenvalue weighted by molar-refractivity contribution is 7.92. The lowest BCUT2D eigenvalue weighted by atomic mass is 9.90. The molecule has 0 fully saturated rings. The van der Waals surface area contributed by atoms with Crippen LogP contribution in [0.5, 0.6) is 5.75 Å². The highest BCUT2D eigenvalue weighted by Gasteiger charge is 2.23. The number of aryl methyl sites for hydroxylation is 1. The molecule has 0 atom stereocenters. The van der Waals surface area contributed by atoms with Gasteiger partial charge in [0.1, 0.15) is 10.6 Å². The molecule has 0 heterocycles. The van der Waals surface area contributed by atoms with Crippen molar-refractivity contribution in [1.82, 2.24) is 0 Å². The van der Waals surface area contributed by atoms with Crippen LogP contribution >= 0.6 is 0 Å². The third-order valence-electron chi connectivity index (χ3n) is 5.31. The first-order valence-corrected chi connectivity index (χ1v) is 11.7. The van der Waals surface area contributed by atoms with Crippen molar-refractivity contribution in [3.05, 3.63) is 88.0 Å². The molecule has 0 spiro atoms. The summed E-state index contributed by atoms with van der Waals surface area (Å²) in [5, 5.41) is 15.8. The molecule has 33 heavy (non-hydrogen) atoms. The van der Waals surface area contributed by atoms with Crippen molar-refractivity contribution < 1.29 is 18.1 Å². The molecule has 0 aromatic heterocycles. The number of nitrogens with zero attached hydrogens (tertiary/aromatic N) is 2. The smallest absolute Gasteiger partial charge is 0.270 e. The van der Waals surface area contributed by atoms with Gasteiger partial charge in [-0.25, -0.2) is 8.42 Å². The van der Waals surface area contributed by atoms with Crippen molar-refractivity contribution in [3.8, 4) is 5.75 Å². The average Bonchev–Trinajstić information content (AvgIpc) is 2.82. The summed E-state index contributed by atoms with van der Waals surface area (Å²) < 4.78 is 33.8. The SMILES string of the molecule is COc1ccc(NS(=O)(=O)c2cc([N+](=O)[O-])ccc2NN=C2CCCc3ccccc32)cc1. The number of hydrazone groups is 1. The molecule has 0 unspecified atom stereocenters. The predicted molar refractivity (Wildman–Crippen MR) is 126 cm³/mol. The zero-order chi connectivity index (χ0) is 23.4. The van der Waals surface area contributed by atoms with E-state index in [1.165, 1.54) is 24.8 Å². The minimum Gasteiger partial charge on any atom is -0.497 e. The Kier molecular flexibility index (Phi) is 6.27. The molecular weight excluding hydrogens is 444 g/mol. The van der Waals surface area contributed by atoms with Crippen LogP contribution < -0.4 is 14.9 Å². The number of anilines is 2. The summed E-state index contributed by atoms with van der Waals surface area (Å²) in [4.78, 5) is 10.4. The van der Waals surface area contributed by atoms with Gasteiger partial charge in [0.05, 0.1) is 23.4 Å². The third kappa shape index (κ3) is 4.96. The lowest BCUT2D eigenvalue weighted by Gasteiger charge is -2.18. The summed E-state index contributed by atoms with van der Waals surface area (Å²) in [5.74, 6) is 0.569. The fourth-order valence-electron chi connectivity index (χ4n) is 3.65. The molecule has 9 nitrogen and oxygen atoms in total. The monoisotopic (exact) mass is 466 g/mol. The molecule has 170 valence electrons. The second kappa shape index (κ2) is 9.29. The molecule has 0 saturated heterocycles. The van der Waals surface area contributed by atoms with E-state index >= 15 is 0 Å². The van der Waals surface area contributed by atoms with Crippen LogP contribution in [0.4, 0.5) is 17.1 Å². The highest BCUT2D eigenvalue weighted by Crippen LogP contribution is 2.29. The fraction of sp³-hybridized carbons (Fsp3) is 0.174. The van der Waals surface area contributed by atoms with Gasteiger partial charge >= 0.3 is 0 Å². The Bertz CT molecular complexity index is 1320. The van der Waals surface area contributed by atoms with Gasteiger partial charge in [-0.05, 0) is 55.2 Å². The molecule has 0 bridgehead atoms. The summed E-state index contributed by atoms with van der Waals surface area (Å²) in [5.41, 5.74) is 5.92. The van der Waals surface area contributed by atoms with E-state index in [1.54, 1.807) is 24.3 Å². The number of benzene rings is 3. The van der Waals surface area contributed by atoms with Crippen molar-refractivity contribution >= 4 is 32.8 Å². The van der Waals surface area contributed by atoms with Gasteiger partial charge in [-0.2, -0.15) is 5.10 Å². The predicted octanol–water partition coefficient (Wildman–Crippen LogP) is 4.56. The first-order chi connectivity index (χ1) is 15.9. The highest BCUT2D eigenvalue weighted by atomic mass is 32.2. The van der Waals surface area contributed by atoms with Gasteiger partial charge in [0.15, 0.2) is 0 Å². The van der Waals surface area contributed by atoms with Crippen LogP contribution in [0, 0.1) is 10.1 Å². The minimum atomic E-state index is -4.16. The molecule has 10 heteroatoms. The summed E-state index contributed by atoms with van der Waals surface area (Å²) in [6.45, 7) is 0. The molecule has 2 N–H and O–H groups in total. The van der Waals surface area contributed by atoms with E-state index in [-0.39, 0.29) is 16.3 Å². The van der Waals surface area contributed by atoms with Crippen molar-refractivity contribution in [2.45, 2.75) is 24.2 Å². The van der Waals surface area contributed by atoms with Crippen molar-refractivity contribution in [3.63, 3.8) is 0 Å². The number of rotatable bonds is 7. The Morgan fingerprint density at radius 3 is 2.52 bits per heavy atom. The van der Waals surface area contributed by atoms with Gasteiger partial charge in [-0.3, -0.25) is 20.3 Å². The van der Waals surface area contributed by atoms with E-state index in [0.29, 0.717) is 11.4 Å². The van der Waals surface area contributed by atoms with Gasteiger partial charge < -0.3 is 4.74 Å². The summed E-state index contributed by atoms with van der Waals surface area (Å²) in [6, 6.07) is 17.8. The van der Waals surface area contributed by atoms with E-state index in [0.717, 1.165) is 36.6 Å². The maximum atomic E-state index is 13.1. The molecule has 4 rings (SSSR count). The second-order valence-corrected chi connectivity index (χ2v) is 9.10. The molecule has 1 aliphatic rings. The number of hydrogen-bond donors (Lipinski definition) is 2. The van der Waals surface area contributed by atoms with Gasteiger partial charge in [-0.15, -0.1) is 0 Å². The van der Waals surface area contributed by atoms with Crippen LogP contribution in [0.25, 0.3) is 0 Å². The number of ether oxygens (including phenoxy) is 1. The van der Waals surface area contributed by atoms with Crippen LogP contribution in [0.2, 0.25) is 0 Å². The van der Waals surface area contributed by atoms with Crippen LogP contribution in [0.1, 0.15) is 24.0 Å². The molecule has 0 aliphatic heterocycles. The Morgan fingerprint density at radius 2 is 1.79 bits per heavy atom. The second-order valence-electron chi connectivity index (χ2n) is 7.45. The normalized spacial score (nSPS) is 14.4. The Labute approximate surface area is 191 Å². The van der Waals surface area contributed by atoms with Crippen molar-refractivity contribution in [2.75, 3.05) is 17.3 Å². The number of nitrogens with one attached hydrogen (secondary N) is 2. The topological polar surface area (TPSA) is 123 Å². The average molecular weight is 467 g/mol. The van der Waals surface area contributed by atoms with Crippen LogP contribution in [-0.4, -0.2) is 26.2 Å². The maximum absolute atomic E-state index is 13.1. The Hall–Kier alpha value is -3.92. The number of sulfonamides is 1. The quantitative estimate of drug-likeness (QED) is 0.389. The van der Waals surface area contributed by atoms with E-state index in [2.05, 4.69) is 15.2 Å². The van der Waals surface area contributed by atoms with Crippen LogP contribution in [0.3, 0.4) is 0 Å². The fourth-order valence-corrected chi connectivity index (χ4v) is 4.89. The van der Waals surface area contributed by atoms with Crippen molar-refractivity contribution in [1.29, 1.82) is 0 Å². The van der Waals surface area contributed by atoms with Gasteiger partial charge in [-0.1, -0.05) is 24.3 Å². The molecular formula is C23H22N4O5S. The zero-order valence-electron chi connectivity index (χ0n) is 17.8. The van der Waals surface area contributed by atoms with Crippen molar-refractivity contribution in [2.24, 2.45) is 5.10 Å². The first-order valence-electron chi connectivity index (χ1n) is 10.2. The number of nitro groups is 1. The maximum Gasteiger partial charge on any atom is 0.270 e. The van der Waals surface area contributed by atoms with Gasteiger partial charge in [0.2, 0.25) is 0 Å². The number of fused-ring (bicyclic) bond motifs is 1. The number of nitro benzene ring substituents is 1. The van der Waals surface area contributed by atoms with E-state index in [4.69, 9.17) is 4.74 Å². The number of non-ortho nitro benzene ring substituents is 1. The van der Waals surface area contributed by atoms with Crippen LogP contribution in [0.15, 0.2) is 76.7 Å². The van der Waals surface area contributed by atoms with Crippen LogP contribution in [-0.2, 0) is 16.4 Å². The lowest BCUT2D eigenvalue weighted by Crippen LogP contribution is -2.16.